The van der Waals surface area contributed by atoms with Crippen molar-refractivity contribution in [1.29, 1.82) is 0 Å². The molecule has 2 rings (SSSR count). The van der Waals surface area contributed by atoms with Gasteiger partial charge in [0.2, 0.25) is 5.91 Å². The summed E-state index contributed by atoms with van der Waals surface area (Å²) in [5, 5.41) is 7.85. The van der Waals surface area contributed by atoms with E-state index in [1.807, 2.05) is 12.1 Å². The van der Waals surface area contributed by atoms with E-state index in [0.717, 1.165) is 5.56 Å². The normalized spacial score (nSPS) is 25.1. The molecule has 0 aromatic carbocycles. The number of primary amides is 1. The van der Waals surface area contributed by atoms with E-state index < -0.39 is 0 Å². The Kier molecular flexibility index (Phi) is 2.22. The number of carbonyl (C=O) groups is 1. The van der Waals surface area contributed by atoms with Crippen LogP contribution in [0.2, 0.25) is 0 Å². The van der Waals surface area contributed by atoms with E-state index in [1.165, 1.54) is 0 Å². The van der Waals surface area contributed by atoms with Gasteiger partial charge in [-0.3, -0.25) is 9.78 Å². The fraction of sp³-hybridized carbons (Fsp3) is 0.333. The third-order valence-corrected chi connectivity index (χ3v) is 2.28. The van der Waals surface area contributed by atoms with Crippen molar-refractivity contribution < 1.29 is 4.79 Å². The van der Waals surface area contributed by atoms with Crippen LogP contribution in [0.1, 0.15) is 11.6 Å². The second kappa shape index (κ2) is 3.53. The molecule has 5 heteroatoms. The summed E-state index contributed by atoms with van der Waals surface area (Å²) in [6.07, 6.45) is 3.34. The van der Waals surface area contributed by atoms with E-state index in [1.54, 1.807) is 12.4 Å². The molecule has 0 radical (unpaired) electrons. The molecule has 0 fully saturated rings. The zero-order valence-electron chi connectivity index (χ0n) is 7.50. The number of hydrogen-bond donors (Lipinski definition) is 1. The lowest BCUT2D eigenvalue weighted by atomic mass is 9.95. The topological polar surface area (TPSA) is 80.7 Å². The molecule has 14 heavy (non-hydrogen) atoms. The summed E-state index contributed by atoms with van der Waals surface area (Å²) in [6.45, 7) is 0.391. The van der Waals surface area contributed by atoms with Crippen LogP contribution in [0.5, 0.6) is 0 Å². The third kappa shape index (κ3) is 1.48. The molecular formula is C9H10N4O. The molecule has 2 N–H and O–H groups in total. The first-order valence-corrected chi connectivity index (χ1v) is 4.35. The summed E-state index contributed by atoms with van der Waals surface area (Å²) >= 11 is 0. The van der Waals surface area contributed by atoms with E-state index in [0.29, 0.717) is 6.54 Å². The molecule has 1 aromatic heterocycles. The monoisotopic (exact) mass is 190 g/mol. The van der Waals surface area contributed by atoms with Gasteiger partial charge in [0.25, 0.3) is 0 Å². The van der Waals surface area contributed by atoms with E-state index >= 15 is 0 Å². The number of nitrogens with zero attached hydrogens (tertiary/aromatic N) is 3. The third-order valence-electron chi connectivity index (χ3n) is 2.28. The van der Waals surface area contributed by atoms with Gasteiger partial charge in [0.1, 0.15) is 6.04 Å². The number of pyridine rings is 1. The lowest BCUT2D eigenvalue weighted by Crippen LogP contribution is -2.27. The molecule has 1 aromatic rings. The van der Waals surface area contributed by atoms with Crippen LogP contribution in [0.3, 0.4) is 0 Å². The Morgan fingerprint density at radius 3 is 2.79 bits per heavy atom. The fourth-order valence-electron chi connectivity index (χ4n) is 1.51. The molecule has 2 unspecified atom stereocenters. The molecule has 72 valence electrons. The predicted octanol–water partition coefficient (Wildman–Crippen LogP) is 0.690. The Morgan fingerprint density at radius 2 is 2.14 bits per heavy atom. The van der Waals surface area contributed by atoms with Gasteiger partial charge in [0.15, 0.2) is 0 Å². The van der Waals surface area contributed by atoms with Crippen LogP contribution in [-0.2, 0) is 4.79 Å². The van der Waals surface area contributed by atoms with E-state index in [-0.39, 0.29) is 17.9 Å². The SMILES string of the molecule is NC(=O)C1CN=NC1c1ccncc1. The minimum atomic E-state index is -0.350. The van der Waals surface area contributed by atoms with Gasteiger partial charge in [0, 0.05) is 12.4 Å². The van der Waals surface area contributed by atoms with Crippen molar-refractivity contribution in [2.75, 3.05) is 6.54 Å². The average Bonchev–Trinajstić information content (AvgIpc) is 2.67. The molecule has 2 heterocycles. The van der Waals surface area contributed by atoms with Gasteiger partial charge in [-0.05, 0) is 17.7 Å². The maximum absolute atomic E-state index is 11.1. The standard InChI is InChI=1S/C9H10N4O/c10-9(14)7-5-12-13-8(7)6-1-3-11-4-2-6/h1-4,7-8H,5H2,(H2,10,14). The molecule has 2 atom stereocenters. The first-order chi connectivity index (χ1) is 6.79. The molecule has 1 aliphatic heterocycles. The highest BCUT2D eigenvalue weighted by atomic mass is 16.1. The van der Waals surface area contributed by atoms with Crippen LogP contribution in [-0.4, -0.2) is 17.4 Å². The first-order valence-electron chi connectivity index (χ1n) is 4.35. The predicted molar refractivity (Wildman–Crippen MR) is 49.4 cm³/mol. The van der Waals surface area contributed by atoms with Gasteiger partial charge in [-0.25, -0.2) is 0 Å². The van der Waals surface area contributed by atoms with Gasteiger partial charge in [-0.15, -0.1) is 0 Å². The molecule has 0 bridgehead atoms. The molecule has 0 saturated carbocycles. The number of azo groups is 1. The Labute approximate surface area is 81.1 Å². The van der Waals surface area contributed by atoms with Crippen molar-refractivity contribution in [2.24, 2.45) is 21.9 Å². The van der Waals surface area contributed by atoms with Gasteiger partial charge < -0.3 is 5.73 Å². The van der Waals surface area contributed by atoms with Gasteiger partial charge >= 0.3 is 0 Å². The Bertz CT molecular complexity index is 362. The summed E-state index contributed by atoms with van der Waals surface area (Å²) in [6, 6.07) is 3.42. The summed E-state index contributed by atoms with van der Waals surface area (Å²) in [5.41, 5.74) is 6.19. The number of aromatic nitrogens is 1. The highest BCUT2D eigenvalue weighted by Crippen LogP contribution is 2.30. The smallest absolute Gasteiger partial charge is 0.225 e. The van der Waals surface area contributed by atoms with Crippen LogP contribution < -0.4 is 5.73 Å². The molecule has 0 aliphatic carbocycles. The van der Waals surface area contributed by atoms with Crippen molar-refractivity contribution >= 4 is 5.91 Å². The summed E-state index contributed by atoms with van der Waals surface area (Å²) in [7, 11) is 0. The molecule has 0 spiro atoms. The molecular weight excluding hydrogens is 180 g/mol. The van der Waals surface area contributed by atoms with Crippen LogP contribution in [0.4, 0.5) is 0 Å². The average molecular weight is 190 g/mol. The van der Waals surface area contributed by atoms with E-state index in [9.17, 15) is 4.79 Å². The number of nitrogens with two attached hydrogens (primary N) is 1. The number of rotatable bonds is 2. The highest BCUT2D eigenvalue weighted by Gasteiger charge is 2.31. The van der Waals surface area contributed by atoms with Gasteiger partial charge in [-0.1, -0.05) is 0 Å². The Balaban J connectivity index is 2.26. The molecule has 5 nitrogen and oxygen atoms in total. The number of carbonyl (C=O) groups excluding carboxylic acids is 1. The van der Waals surface area contributed by atoms with Crippen LogP contribution in [0.25, 0.3) is 0 Å². The second-order valence-electron chi connectivity index (χ2n) is 3.17. The van der Waals surface area contributed by atoms with Crippen LogP contribution in [0.15, 0.2) is 34.8 Å². The lowest BCUT2D eigenvalue weighted by molar-refractivity contribution is -0.121. The summed E-state index contributed by atoms with van der Waals surface area (Å²) < 4.78 is 0. The maximum atomic E-state index is 11.1. The van der Waals surface area contributed by atoms with Crippen molar-refractivity contribution in [1.82, 2.24) is 4.98 Å². The quantitative estimate of drug-likeness (QED) is 0.744. The number of hydrogen-bond acceptors (Lipinski definition) is 4. The van der Waals surface area contributed by atoms with Crippen molar-refractivity contribution in [3.05, 3.63) is 30.1 Å². The summed E-state index contributed by atoms with van der Waals surface area (Å²) in [4.78, 5) is 15.0. The van der Waals surface area contributed by atoms with Crippen LogP contribution >= 0.6 is 0 Å². The Hall–Kier alpha value is -1.78. The van der Waals surface area contributed by atoms with Crippen LogP contribution in [0, 0.1) is 5.92 Å². The van der Waals surface area contributed by atoms with Crippen molar-refractivity contribution in [3.8, 4) is 0 Å². The largest absolute Gasteiger partial charge is 0.369 e. The molecule has 0 saturated heterocycles. The zero-order valence-corrected chi connectivity index (χ0v) is 7.50. The van der Waals surface area contributed by atoms with Crippen molar-refractivity contribution in [2.45, 2.75) is 6.04 Å². The van der Waals surface area contributed by atoms with Gasteiger partial charge in [-0.2, -0.15) is 10.2 Å². The molecule has 1 amide bonds. The van der Waals surface area contributed by atoms with Gasteiger partial charge in [0.05, 0.1) is 12.5 Å². The number of amides is 1. The minimum Gasteiger partial charge on any atom is -0.369 e. The van der Waals surface area contributed by atoms with Crippen molar-refractivity contribution in [3.63, 3.8) is 0 Å². The first kappa shape index (κ1) is 8.80. The summed E-state index contributed by atoms with van der Waals surface area (Å²) in [5.74, 6) is -0.658. The van der Waals surface area contributed by atoms with E-state index in [2.05, 4.69) is 15.2 Å². The molecule has 1 aliphatic rings. The maximum Gasteiger partial charge on any atom is 0.225 e. The second-order valence-corrected chi connectivity index (χ2v) is 3.17. The fourth-order valence-corrected chi connectivity index (χ4v) is 1.51. The van der Waals surface area contributed by atoms with E-state index in [4.69, 9.17) is 5.73 Å². The highest BCUT2D eigenvalue weighted by molar-refractivity contribution is 5.78. The Morgan fingerprint density at radius 1 is 1.43 bits per heavy atom. The minimum absolute atomic E-state index is 0.226. The zero-order chi connectivity index (χ0) is 9.97. The lowest BCUT2D eigenvalue weighted by Gasteiger charge is -2.12.